The Kier molecular flexibility index (Phi) is 20.4. The van der Waals surface area contributed by atoms with E-state index in [9.17, 15) is 0 Å². The van der Waals surface area contributed by atoms with E-state index in [2.05, 4.69) is 509 Å². The largest absolute Gasteiger partial charge is 0.208 e. The van der Waals surface area contributed by atoms with E-state index in [1.165, 1.54) is 138 Å². The van der Waals surface area contributed by atoms with Gasteiger partial charge in [0.05, 0.1) is 5.41 Å². The van der Waals surface area contributed by atoms with Gasteiger partial charge in [-0.25, -0.2) is 44.9 Å². The van der Waals surface area contributed by atoms with Crippen LogP contribution in [0.5, 0.6) is 0 Å². The van der Waals surface area contributed by atoms with E-state index in [4.69, 9.17) is 44.9 Å². The maximum absolute atomic E-state index is 5.48. The van der Waals surface area contributed by atoms with E-state index in [0.29, 0.717) is 52.4 Å². The van der Waals surface area contributed by atoms with Gasteiger partial charge in [0, 0.05) is 66.3 Å². The van der Waals surface area contributed by atoms with Gasteiger partial charge in [0.15, 0.2) is 52.4 Å². The molecule has 0 aliphatic heterocycles. The summed E-state index contributed by atoms with van der Waals surface area (Å²) in [6.07, 6.45) is 0. The average Bonchev–Trinajstić information content (AvgIpc) is 1.53. The SMILES string of the molecule is CC1(C)c2ccccc2-c2c1cc(-c1nc(-c3ccc4ccccc4c3)nc(-c3cc4c(c5ccccc35)-c3ccccc3C4(C)C)n1)c1ccccc21.CC1(C)c2ccccc2-c2ccc(-c3nc(-c4ccc5ccccc5c4)nc(-c4ccc5ccccc5c4)n3)cc21.c1ccc(C2(c3ccccc3)c3ccccc3-c3ccc(-c4nc(-c5ccc6ccccc6c5)nc(-c5ccc6ccccc6c5)n4)cc32)cc1. The molecule has 9 heteroatoms. The Morgan fingerprint density at radius 1 is 0.137 bits per heavy atom. The molecule has 0 radical (unpaired) electrons. The summed E-state index contributed by atoms with van der Waals surface area (Å²) in [7, 11) is 0. The third-order valence-electron chi connectivity index (χ3n) is 31.2. The summed E-state index contributed by atoms with van der Waals surface area (Å²) >= 11 is 0. The summed E-state index contributed by atoms with van der Waals surface area (Å²) < 4.78 is 0. The molecule has 0 atom stereocenters. The van der Waals surface area contributed by atoms with Gasteiger partial charge in [0.25, 0.3) is 0 Å². The number of fused-ring (bicyclic) bond motifs is 21. The lowest BCUT2D eigenvalue weighted by Gasteiger charge is -2.34. The van der Waals surface area contributed by atoms with Crippen LogP contribution in [0, 0.1) is 0 Å². The molecule has 0 bridgehead atoms. The van der Waals surface area contributed by atoms with Crippen molar-refractivity contribution in [3.63, 3.8) is 0 Å². The predicted molar refractivity (Wildman–Crippen MR) is 601 cm³/mol. The molecule has 688 valence electrons. The summed E-state index contributed by atoms with van der Waals surface area (Å²) in [6.45, 7) is 14.0. The van der Waals surface area contributed by atoms with Gasteiger partial charge >= 0.3 is 0 Å². The van der Waals surface area contributed by atoms with Crippen molar-refractivity contribution in [1.29, 1.82) is 0 Å². The van der Waals surface area contributed by atoms with Crippen LogP contribution in [0.4, 0.5) is 0 Å². The summed E-state index contributed by atoms with van der Waals surface area (Å²) in [4.78, 5) is 46.9. The minimum Gasteiger partial charge on any atom is -0.208 e. The quantitative estimate of drug-likeness (QED) is 0.125. The zero-order valence-corrected chi connectivity index (χ0v) is 81.5. The topological polar surface area (TPSA) is 116 Å². The lowest BCUT2D eigenvalue weighted by atomic mass is 9.67. The Labute approximate surface area is 847 Å². The number of hydrogen-bond acceptors (Lipinski definition) is 9. The summed E-state index contributed by atoms with van der Waals surface area (Å²) in [5.41, 5.74) is 31.0. The maximum atomic E-state index is 5.48. The highest BCUT2D eigenvalue weighted by Gasteiger charge is 2.47. The molecule has 3 heterocycles. The normalized spacial score (nSPS) is 13.6. The predicted octanol–water partition coefficient (Wildman–Crippen LogP) is 34.0. The van der Waals surface area contributed by atoms with Crippen molar-refractivity contribution >= 4 is 75.4 Å². The van der Waals surface area contributed by atoms with Gasteiger partial charge in [0.2, 0.25) is 0 Å². The zero-order chi connectivity index (χ0) is 97.7. The van der Waals surface area contributed by atoms with Crippen molar-refractivity contribution in [2.45, 2.75) is 63.2 Å². The molecular weight excluding hydrogens is 1770 g/mol. The highest BCUT2D eigenvalue weighted by atomic mass is 15.1. The molecule has 0 amide bonds. The zero-order valence-electron chi connectivity index (χ0n) is 81.5. The molecular formula is C137H95N9. The Morgan fingerprint density at radius 2 is 0.363 bits per heavy atom. The molecule has 0 saturated carbocycles. The van der Waals surface area contributed by atoms with Crippen LogP contribution < -0.4 is 0 Å². The first-order chi connectivity index (χ1) is 71.6. The second kappa shape index (κ2) is 34.3. The fourth-order valence-corrected chi connectivity index (χ4v) is 23.8. The van der Waals surface area contributed by atoms with Crippen LogP contribution in [0.25, 0.3) is 222 Å². The molecule has 4 aliphatic carbocycles. The molecule has 22 aromatic carbocycles. The minimum atomic E-state index is -0.514. The van der Waals surface area contributed by atoms with Gasteiger partial charge in [-0.1, -0.05) is 454 Å². The van der Waals surface area contributed by atoms with E-state index >= 15 is 0 Å². The van der Waals surface area contributed by atoms with Gasteiger partial charge in [-0.05, 0) is 230 Å². The van der Waals surface area contributed by atoms with Gasteiger partial charge in [-0.15, -0.1) is 0 Å². The highest BCUT2D eigenvalue weighted by Crippen LogP contribution is 2.60. The molecule has 3 aromatic heterocycles. The van der Waals surface area contributed by atoms with Crippen molar-refractivity contribution in [1.82, 2.24) is 44.9 Å². The fraction of sp³-hybridized carbons (Fsp3) is 0.0730. The van der Waals surface area contributed by atoms with Crippen LogP contribution >= 0.6 is 0 Å². The molecule has 146 heavy (non-hydrogen) atoms. The van der Waals surface area contributed by atoms with Crippen LogP contribution in [0.2, 0.25) is 0 Å². The first kappa shape index (κ1) is 86.8. The molecule has 0 N–H and O–H groups in total. The standard InChI is InChI=1S/C51H37N3.C48H31N3.C38H27N3/c1-50(2)41-23-13-11-21-37(41)45-35-19-9-7-17-33(35)39(28-43(45)50)48-52-47(32-26-25-30-15-5-6-16-31(30)27-32)53-49(54-48)40-29-44-46(36-20-10-8-18-34(36)40)38-22-12-14-24-42(38)51(44,3)4;1-3-17-39(18-4-1)48(40-19-5-2-6-20-40)43-22-12-11-21-41(43)42-28-27-38(31-44(42)48)47-50-45(36-25-23-32-13-7-9-15-34(32)29-36)49-46(51-47)37-26-24-33-14-8-10-16-35(33)30-37;1-38(2)33-14-8-7-13-31(33)32-20-19-30(23-34(32)38)37-40-35(28-17-15-24-9-3-5-11-26(24)21-28)39-36(41-37)29-18-16-25-10-4-6-12-27(25)22-29/h5-29H,1-4H3;1-31H;3-23H,1-2H3. The van der Waals surface area contributed by atoms with Crippen LogP contribution in [0.1, 0.15) is 97.2 Å². The molecule has 4 aliphatic rings. The molecule has 25 aromatic rings. The van der Waals surface area contributed by atoms with E-state index in [1.54, 1.807) is 0 Å². The third-order valence-corrected chi connectivity index (χ3v) is 31.2. The number of aromatic nitrogens is 9. The second-order valence-electron chi connectivity index (χ2n) is 40.6. The Morgan fingerprint density at radius 3 is 0.712 bits per heavy atom. The smallest absolute Gasteiger partial charge is 0.164 e. The monoisotopic (exact) mass is 1870 g/mol. The van der Waals surface area contributed by atoms with E-state index in [-0.39, 0.29) is 16.2 Å². The lowest BCUT2D eigenvalue weighted by Crippen LogP contribution is -2.28. The second-order valence-corrected chi connectivity index (χ2v) is 40.6. The first-order valence-electron chi connectivity index (χ1n) is 50.3. The van der Waals surface area contributed by atoms with Gasteiger partial charge in [-0.2, -0.15) is 0 Å². The molecule has 29 rings (SSSR count). The van der Waals surface area contributed by atoms with Crippen molar-refractivity contribution in [2.75, 3.05) is 0 Å². The minimum absolute atomic E-state index is 0.0999. The number of hydrogen-bond donors (Lipinski definition) is 0. The summed E-state index contributed by atoms with van der Waals surface area (Å²) in [5.74, 6) is 6.00. The Hall–Kier alpha value is -18.3. The first-order valence-corrected chi connectivity index (χ1v) is 50.3. The number of nitrogens with zero attached hydrogens (tertiary/aromatic N) is 9. The fourth-order valence-electron chi connectivity index (χ4n) is 23.8. The Bertz CT molecular complexity index is 9300. The van der Waals surface area contributed by atoms with Crippen molar-refractivity contribution in [3.8, 4) is 147 Å². The third kappa shape index (κ3) is 14.3. The van der Waals surface area contributed by atoms with Gasteiger partial charge < -0.3 is 0 Å². The van der Waals surface area contributed by atoms with Crippen LogP contribution in [0.3, 0.4) is 0 Å². The van der Waals surface area contributed by atoms with Crippen molar-refractivity contribution < 1.29 is 0 Å². The van der Waals surface area contributed by atoms with Crippen molar-refractivity contribution in [2.24, 2.45) is 0 Å². The average molecular weight is 1870 g/mol. The van der Waals surface area contributed by atoms with E-state index in [1.807, 2.05) is 0 Å². The van der Waals surface area contributed by atoms with E-state index in [0.717, 1.165) is 87.8 Å². The molecule has 9 nitrogen and oxygen atoms in total. The highest BCUT2D eigenvalue weighted by molar-refractivity contribution is 6.11. The Balaban J connectivity index is 0.000000110. The van der Waals surface area contributed by atoms with E-state index < -0.39 is 5.41 Å². The molecule has 0 unspecified atom stereocenters. The van der Waals surface area contributed by atoms with Gasteiger partial charge in [-0.3, -0.25) is 0 Å². The van der Waals surface area contributed by atoms with Gasteiger partial charge in [0.1, 0.15) is 0 Å². The van der Waals surface area contributed by atoms with Crippen LogP contribution in [-0.2, 0) is 21.7 Å². The summed E-state index contributed by atoms with van der Waals surface area (Å²) in [5, 5.41) is 16.4. The van der Waals surface area contributed by atoms with Crippen molar-refractivity contribution in [3.05, 3.63) is 523 Å². The molecule has 0 saturated heterocycles. The van der Waals surface area contributed by atoms with Crippen LogP contribution in [-0.4, -0.2) is 44.9 Å². The van der Waals surface area contributed by atoms with Crippen LogP contribution in [0.15, 0.2) is 467 Å². The number of rotatable bonds is 11. The maximum Gasteiger partial charge on any atom is 0.164 e. The summed E-state index contributed by atoms with van der Waals surface area (Å²) in [6, 6.07) is 167. The lowest BCUT2D eigenvalue weighted by molar-refractivity contribution is 0.660. The molecule has 0 spiro atoms. The molecule has 0 fully saturated rings. The number of benzene rings is 22.